The van der Waals surface area contributed by atoms with Crippen molar-refractivity contribution in [3.05, 3.63) is 84.2 Å². The molecule has 1 heterocycles. The van der Waals surface area contributed by atoms with Crippen LogP contribution in [0.2, 0.25) is 0 Å². The van der Waals surface area contributed by atoms with Crippen molar-refractivity contribution in [3.8, 4) is 5.69 Å². The molecule has 1 atom stereocenters. The molecule has 0 radical (unpaired) electrons. The van der Waals surface area contributed by atoms with Gasteiger partial charge >= 0.3 is 0 Å². The number of halogens is 1. The molecule has 0 aliphatic rings. The first-order valence-electron chi connectivity index (χ1n) is 9.47. The van der Waals surface area contributed by atoms with Crippen molar-refractivity contribution >= 4 is 29.9 Å². The van der Waals surface area contributed by atoms with Crippen molar-refractivity contribution in [2.24, 2.45) is 4.99 Å². The Hall–Kier alpha value is -2.39. The highest BCUT2D eigenvalue weighted by Gasteiger charge is 2.22. The Balaban J connectivity index is 0.00000300. The molecule has 3 aromatic rings. The molecule has 0 saturated carbocycles. The van der Waals surface area contributed by atoms with Gasteiger partial charge in [-0.25, -0.2) is 9.67 Å². The fraction of sp³-hybridized carbons (Fsp3) is 0.273. The molecule has 1 unspecified atom stereocenters. The van der Waals surface area contributed by atoms with Crippen LogP contribution in [0.25, 0.3) is 5.69 Å². The van der Waals surface area contributed by atoms with Crippen molar-refractivity contribution in [3.63, 3.8) is 0 Å². The number of rotatable bonds is 7. The minimum absolute atomic E-state index is 0. The lowest BCUT2D eigenvalue weighted by molar-refractivity contribution is 0.0617. The summed E-state index contributed by atoms with van der Waals surface area (Å²) < 4.78 is 1.82. The van der Waals surface area contributed by atoms with Crippen LogP contribution >= 0.6 is 24.0 Å². The van der Waals surface area contributed by atoms with E-state index < -0.39 is 5.60 Å². The predicted octanol–water partition coefficient (Wildman–Crippen LogP) is 3.45. The summed E-state index contributed by atoms with van der Waals surface area (Å²) in [5.41, 5.74) is 2.00. The number of aliphatic imine (C=N–C) groups is 1. The first-order valence-corrected chi connectivity index (χ1v) is 9.47. The molecule has 154 valence electrons. The summed E-state index contributed by atoms with van der Waals surface area (Å²) in [6, 6.07) is 19.7. The minimum Gasteiger partial charge on any atom is -0.384 e. The molecule has 0 amide bonds. The zero-order valence-electron chi connectivity index (χ0n) is 16.7. The molecule has 0 aliphatic carbocycles. The molecule has 3 rings (SSSR count). The summed E-state index contributed by atoms with van der Waals surface area (Å²) in [5, 5.41) is 21.5. The van der Waals surface area contributed by atoms with Crippen LogP contribution in [-0.4, -0.2) is 33.9 Å². The molecule has 1 aromatic heterocycles. The lowest BCUT2D eigenvalue weighted by atomic mass is 9.96. The fourth-order valence-electron chi connectivity index (χ4n) is 2.84. The Bertz CT molecular complexity index is 877. The minimum atomic E-state index is -0.983. The van der Waals surface area contributed by atoms with Gasteiger partial charge in [-0.05, 0) is 43.2 Å². The Morgan fingerprint density at radius 1 is 1.07 bits per heavy atom. The van der Waals surface area contributed by atoms with Crippen LogP contribution in [-0.2, 0) is 12.1 Å². The number of benzene rings is 2. The Kier molecular flexibility index (Phi) is 8.66. The van der Waals surface area contributed by atoms with Gasteiger partial charge in [-0.15, -0.1) is 24.0 Å². The standard InChI is InChI=1S/C22H27N5O.HI/c1-3-23-21(25-17-22(2,28)19-8-5-4-6-9-19)24-16-18-10-12-20(13-11-18)27-15-7-14-26-27;/h4-15,28H,3,16-17H2,1-2H3,(H2,23,24,25);1H. The molecule has 0 saturated heterocycles. The molecule has 29 heavy (non-hydrogen) atoms. The second kappa shape index (κ2) is 11.0. The van der Waals surface area contributed by atoms with E-state index in [1.807, 2.05) is 78.5 Å². The third kappa shape index (κ3) is 6.57. The van der Waals surface area contributed by atoms with E-state index in [4.69, 9.17) is 0 Å². The van der Waals surface area contributed by atoms with E-state index in [0.29, 0.717) is 19.0 Å². The molecule has 0 fully saturated rings. The van der Waals surface area contributed by atoms with E-state index in [0.717, 1.165) is 23.4 Å². The molecule has 3 N–H and O–H groups in total. The summed E-state index contributed by atoms with van der Waals surface area (Å²) in [6.07, 6.45) is 3.68. The van der Waals surface area contributed by atoms with Crippen molar-refractivity contribution in [1.82, 2.24) is 20.4 Å². The molecular formula is C22H28IN5O. The van der Waals surface area contributed by atoms with Crippen LogP contribution < -0.4 is 10.6 Å². The van der Waals surface area contributed by atoms with Gasteiger partial charge in [-0.3, -0.25) is 0 Å². The highest BCUT2D eigenvalue weighted by atomic mass is 127. The Morgan fingerprint density at radius 2 is 1.79 bits per heavy atom. The molecule has 2 aromatic carbocycles. The van der Waals surface area contributed by atoms with E-state index in [1.165, 1.54) is 0 Å². The van der Waals surface area contributed by atoms with Gasteiger partial charge in [-0.1, -0.05) is 42.5 Å². The summed E-state index contributed by atoms with van der Waals surface area (Å²) in [6.45, 7) is 5.47. The molecule has 0 bridgehead atoms. The van der Waals surface area contributed by atoms with E-state index in [1.54, 1.807) is 13.1 Å². The van der Waals surface area contributed by atoms with Crippen LogP contribution in [0.1, 0.15) is 25.0 Å². The highest BCUT2D eigenvalue weighted by Crippen LogP contribution is 2.18. The maximum atomic E-state index is 10.8. The van der Waals surface area contributed by atoms with Crippen LogP contribution in [0.4, 0.5) is 0 Å². The molecule has 0 aliphatic heterocycles. The van der Waals surface area contributed by atoms with Crippen molar-refractivity contribution in [2.75, 3.05) is 13.1 Å². The second-order valence-electron chi connectivity index (χ2n) is 6.81. The smallest absolute Gasteiger partial charge is 0.191 e. The predicted molar refractivity (Wildman–Crippen MR) is 128 cm³/mol. The third-order valence-electron chi connectivity index (χ3n) is 4.46. The normalized spacial score (nSPS) is 13.3. The van der Waals surface area contributed by atoms with Crippen molar-refractivity contribution in [2.45, 2.75) is 26.0 Å². The number of hydrogen-bond donors (Lipinski definition) is 3. The lowest BCUT2D eigenvalue weighted by Gasteiger charge is -2.25. The van der Waals surface area contributed by atoms with Crippen LogP contribution in [0.3, 0.4) is 0 Å². The van der Waals surface area contributed by atoms with Gasteiger partial charge < -0.3 is 15.7 Å². The first-order chi connectivity index (χ1) is 13.6. The van der Waals surface area contributed by atoms with E-state index in [2.05, 4.69) is 20.7 Å². The first kappa shape index (κ1) is 22.9. The summed E-state index contributed by atoms with van der Waals surface area (Å²) in [7, 11) is 0. The van der Waals surface area contributed by atoms with Crippen LogP contribution in [0.5, 0.6) is 0 Å². The van der Waals surface area contributed by atoms with Gasteiger partial charge in [0, 0.05) is 18.9 Å². The maximum Gasteiger partial charge on any atom is 0.191 e. The largest absolute Gasteiger partial charge is 0.384 e. The van der Waals surface area contributed by atoms with Crippen LogP contribution in [0.15, 0.2) is 78.0 Å². The SMILES string of the molecule is CCNC(=NCc1ccc(-n2cccn2)cc1)NCC(C)(O)c1ccccc1.I. The number of guanidine groups is 1. The van der Waals surface area contributed by atoms with Gasteiger partial charge in [-0.2, -0.15) is 5.10 Å². The lowest BCUT2D eigenvalue weighted by Crippen LogP contribution is -2.44. The molecule has 7 heteroatoms. The monoisotopic (exact) mass is 505 g/mol. The Morgan fingerprint density at radius 3 is 2.41 bits per heavy atom. The van der Waals surface area contributed by atoms with E-state index in [9.17, 15) is 5.11 Å². The summed E-state index contributed by atoms with van der Waals surface area (Å²) in [4.78, 5) is 4.63. The van der Waals surface area contributed by atoms with Crippen molar-refractivity contribution in [1.29, 1.82) is 0 Å². The Labute approximate surface area is 189 Å². The zero-order chi connectivity index (χ0) is 19.8. The average Bonchev–Trinajstić information content (AvgIpc) is 3.26. The van der Waals surface area contributed by atoms with E-state index in [-0.39, 0.29) is 24.0 Å². The van der Waals surface area contributed by atoms with Crippen LogP contribution in [0, 0.1) is 0 Å². The quantitative estimate of drug-likeness (QED) is 0.261. The van der Waals surface area contributed by atoms with Gasteiger partial charge in [0.15, 0.2) is 5.96 Å². The molecular weight excluding hydrogens is 477 g/mol. The molecule has 6 nitrogen and oxygen atoms in total. The molecule has 0 spiro atoms. The van der Waals surface area contributed by atoms with Gasteiger partial charge in [0.05, 0.1) is 18.8 Å². The number of hydrogen-bond acceptors (Lipinski definition) is 3. The maximum absolute atomic E-state index is 10.8. The van der Waals surface area contributed by atoms with E-state index >= 15 is 0 Å². The third-order valence-corrected chi connectivity index (χ3v) is 4.46. The zero-order valence-corrected chi connectivity index (χ0v) is 19.1. The second-order valence-corrected chi connectivity index (χ2v) is 6.81. The average molecular weight is 505 g/mol. The number of aromatic nitrogens is 2. The fourth-order valence-corrected chi connectivity index (χ4v) is 2.84. The highest BCUT2D eigenvalue weighted by molar-refractivity contribution is 14.0. The topological polar surface area (TPSA) is 74.5 Å². The van der Waals surface area contributed by atoms with Gasteiger partial charge in [0.25, 0.3) is 0 Å². The van der Waals surface area contributed by atoms with Gasteiger partial charge in [0.2, 0.25) is 0 Å². The number of aliphatic hydroxyl groups is 1. The van der Waals surface area contributed by atoms with Gasteiger partial charge in [0.1, 0.15) is 5.60 Å². The number of nitrogens with one attached hydrogen (secondary N) is 2. The van der Waals surface area contributed by atoms with Crippen molar-refractivity contribution < 1.29 is 5.11 Å². The summed E-state index contributed by atoms with van der Waals surface area (Å²) >= 11 is 0. The number of nitrogens with zero attached hydrogens (tertiary/aromatic N) is 3. The summed E-state index contributed by atoms with van der Waals surface area (Å²) in [5.74, 6) is 0.676.